The number of furan rings is 1. The van der Waals surface area contributed by atoms with Crippen LogP contribution in [0.3, 0.4) is 0 Å². The van der Waals surface area contributed by atoms with E-state index in [-0.39, 0.29) is 11.9 Å². The molecule has 3 aromatic rings. The molecule has 1 aliphatic rings. The maximum Gasteiger partial charge on any atom is 0.290 e. The summed E-state index contributed by atoms with van der Waals surface area (Å²) in [5.74, 6) is 0.392. The first kappa shape index (κ1) is 15.8. The number of aryl methyl sites for hydroxylation is 2. The smallest absolute Gasteiger partial charge is 0.290 e. The highest BCUT2D eigenvalue weighted by molar-refractivity contribution is 5.99. The number of hydrogen-bond donors (Lipinski definition) is 1. The van der Waals surface area contributed by atoms with Gasteiger partial charge in [0.15, 0.2) is 5.76 Å². The lowest BCUT2D eigenvalue weighted by atomic mass is 10.0. The van der Waals surface area contributed by atoms with E-state index in [9.17, 15) is 4.79 Å². The Labute approximate surface area is 146 Å². The van der Waals surface area contributed by atoms with Crippen LogP contribution in [0, 0.1) is 13.8 Å². The van der Waals surface area contributed by atoms with Gasteiger partial charge < -0.3 is 14.6 Å². The van der Waals surface area contributed by atoms with Gasteiger partial charge >= 0.3 is 0 Å². The first-order valence-electron chi connectivity index (χ1n) is 8.57. The summed E-state index contributed by atoms with van der Waals surface area (Å²) in [7, 11) is 0. The van der Waals surface area contributed by atoms with Crippen LogP contribution in [0.5, 0.6) is 0 Å². The molecule has 1 saturated heterocycles. The highest BCUT2D eigenvalue weighted by Crippen LogP contribution is 2.31. The summed E-state index contributed by atoms with van der Waals surface area (Å²) in [4.78, 5) is 19.4. The van der Waals surface area contributed by atoms with Gasteiger partial charge in [-0.2, -0.15) is 0 Å². The fraction of sp³-hybridized carbons (Fsp3) is 0.300. The van der Waals surface area contributed by atoms with Crippen molar-refractivity contribution < 1.29 is 9.21 Å². The number of fused-ring (bicyclic) bond motifs is 1. The molecule has 1 amide bonds. The predicted octanol–water partition coefficient (Wildman–Crippen LogP) is 3.23. The van der Waals surface area contributed by atoms with Crippen LogP contribution in [0.25, 0.3) is 11.0 Å². The van der Waals surface area contributed by atoms with Gasteiger partial charge in [0.25, 0.3) is 5.91 Å². The van der Waals surface area contributed by atoms with Crippen LogP contribution >= 0.6 is 0 Å². The number of carbonyl (C=O) groups excluding carboxylic acids is 1. The van der Waals surface area contributed by atoms with E-state index in [4.69, 9.17) is 4.42 Å². The van der Waals surface area contributed by atoms with Crippen molar-refractivity contribution >= 4 is 16.9 Å². The predicted molar refractivity (Wildman–Crippen MR) is 96.6 cm³/mol. The van der Waals surface area contributed by atoms with E-state index < -0.39 is 0 Å². The van der Waals surface area contributed by atoms with Crippen LogP contribution in [0.4, 0.5) is 0 Å². The molecule has 5 heteroatoms. The molecule has 25 heavy (non-hydrogen) atoms. The lowest BCUT2D eigenvalue weighted by Gasteiger charge is -2.36. The molecule has 0 spiro atoms. The number of rotatable bonds is 2. The van der Waals surface area contributed by atoms with E-state index in [1.807, 2.05) is 55.3 Å². The molecule has 3 heterocycles. The molecule has 1 N–H and O–H groups in total. The van der Waals surface area contributed by atoms with Gasteiger partial charge in [-0.25, -0.2) is 0 Å². The Hall–Kier alpha value is -2.66. The molecule has 1 fully saturated rings. The quantitative estimate of drug-likeness (QED) is 0.781. The standard InChI is InChI=1S/C20H21N3O2/c1-13-5-3-7-16-14(2)19(25-18(13)16)20(24)23-10-9-22-12-17(23)15-6-4-8-21-11-15/h3-8,11,17,22H,9-10,12H2,1-2H3. The van der Waals surface area contributed by atoms with Crippen LogP contribution < -0.4 is 5.32 Å². The van der Waals surface area contributed by atoms with Crippen LogP contribution in [-0.4, -0.2) is 35.4 Å². The molecule has 4 rings (SSSR count). The normalized spacial score (nSPS) is 17.8. The monoisotopic (exact) mass is 335 g/mol. The number of carbonyl (C=O) groups is 1. The van der Waals surface area contributed by atoms with Crippen LogP contribution in [0.15, 0.2) is 47.1 Å². The summed E-state index contributed by atoms with van der Waals surface area (Å²) in [5.41, 5.74) is 3.79. The Kier molecular flexibility index (Phi) is 4.01. The van der Waals surface area contributed by atoms with Crippen LogP contribution in [0.1, 0.15) is 33.3 Å². The van der Waals surface area contributed by atoms with E-state index >= 15 is 0 Å². The lowest BCUT2D eigenvalue weighted by molar-refractivity contribution is 0.0602. The Morgan fingerprint density at radius 2 is 2.16 bits per heavy atom. The molecule has 0 radical (unpaired) electrons. The van der Waals surface area contributed by atoms with Crippen molar-refractivity contribution in [2.24, 2.45) is 0 Å². The largest absolute Gasteiger partial charge is 0.450 e. The maximum atomic E-state index is 13.3. The van der Waals surface area contributed by atoms with Gasteiger partial charge in [-0.1, -0.05) is 24.3 Å². The summed E-state index contributed by atoms with van der Waals surface area (Å²) < 4.78 is 6.00. The van der Waals surface area contributed by atoms with Gasteiger partial charge in [-0.05, 0) is 31.0 Å². The molecule has 1 atom stereocenters. The van der Waals surface area contributed by atoms with Gasteiger partial charge in [0.05, 0.1) is 6.04 Å². The minimum atomic E-state index is -0.0524. The zero-order chi connectivity index (χ0) is 17.4. The second kappa shape index (κ2) is 6.33. The summed E-state index contributed by atoms with van der Waals surface area (Å²) in [5, 5.41) is 4.38. The van der Waals surface area contributed by atoms with Gasteiger partial charge in [-0.15, -0.1) is 0 Å². The fourth-order valence-corrected chi connectivity index (χ4v) is 3.54. The number of nitrogens with one attached hydrogen (secondary N) is 1. The molecular weight excluding hydrogens is 314 g/mol. The molecule has 1 aromatic carbocycles. The Balaban J connectivity index is 1.74. The first-order valence-corrected chi connectivity index (χ1v) is 8.57. The van der Waals surface area contributed by atoms with Crippen molar-refractivity contribution in [2.45, 2.75) is 19.9 Å². The van der Waals surface area contributed by atoms with E-state index in [0.29, 0.717) is 12.3 Å². The molecular formula is C20H21N3O2. The number of benzene rings is 1. The Bertz CT molecular complexity index is 917. The molecule has 0 bridgehead atoms. The van der Waals surface area contributed by atoms with Gasteiger partial charge in [0.2, 0.25) is 0 Å². The van der Waals surface area contributed by atoms with Crippen molar-refractivity contribution in [3.63, 3.8) is 0 Å². The number of amides is 1. The summed E-state index contributed by atoms with van der Waals surface area (Å²) in [6.45, 7) is 6.10. The molecule has 0 aliphatic carbocycles. The third-order valence-corrected chi connectivity index (χ3v) is 4.93. The number of nitrogens with zero attached hydrogens (tertiary/aromatic N) is 2. The van der Waals surface area contributed by atoms with Crippen molar-refractivity contribution in [3.05, 3.63) is 65.2 Å². The van der Waals surface area contributed by atoms with Crippen molar-refractivity contribution in [2.75, 3.05) is 19.6 Å². The summed E-state index contributed by atoms with van der Waals surface area (Å²) in [6, 6.07) is 9.89. The number of para-hydroxylation sites is 1. The third kappa shape index (κ3) is 2.70. The second-order valence-corrected chi connectivity index (χ2v) is 6.51. The highest BCUT2D eigenvalue weighted by Gasteiger charge is 2.32. The van der Waals surface area contributed by atoms with E-state index in [1.165, 1.54) is 0 Å². The minimum absolute atomic E-state index is 0.0383. The first-order chi connectivity index (χ1) is 12.2. The summed E-state index contributed by atoms with van der Waals surface area (Å²) >= 11 is 0. The third-order valence-electron chi connectivity index (χ3n) is 4.93. The molecule has 5 nitrogen and oxygen atoms in total. The number of aromatic nitrogens is 1. The molecule has 128 valence electrons. The van der Waals surface area contributed by atoms with E-state index in [1.54, 1.807) is 6.20 Å². The Morgan fingerprint density at radius 1 is 1.28 bits per heavy atom. The number of pyridine rings is 1. The molecule has 0 saturated carbocycles. The molecule has 1 unspecified atom stereocenters. The average molecular weight is 335 g/mol. The van der Waals surface area contributed by atoms with E-state index in [0.717, 1.165) is 40.7 Å². The minimum Gasteiger partial charge on any atom is -0.450 e. The average Bonchev–Trinajstić information content (AvgIpc) is 3.00. The van der Waals surface area contributed by atoms with Crippen molar-refractivity contribution in [3.8, 4) is 0 Å². The topological polar surface area (TPSA) is 58.4 Å². The highest BCUT2D eigenvalue weighted by atomic mass is 16.3. The molecule has 1 aliphatic heterocycles. The zero-order valence-corrected chi connectivity index (χ0v) is 14.5. The fourth-order valence-electron chi connectivity index (χ4n) is 3.54. The van der Waals surface area contributed by atoms with Gasteiger partial charge in [-0.3, -0.25) is 9.78 Å². The SMILES string of the molecule is Cc1c(C(=O)N2CCNCC2c2cccnc2)oc2c(C)cccc12. The number of piperazine rings is 1. The van der Waals surface area contributed by atoms with Gasteiger partial charge in [0, 0.05) is 43.0 Å². The zero-order valence-electron chi connectivity index (χ0n) is 14.5. The Morgan fingerprint density at radius 3 is 2.92 bits per heavy atom. The van der Waals surface area contributed by atoms with Crippen molar-refractivity contribution in [1.82, 2.24) is 15.2 Å². The van der Waals surface area contributed by atoms with Crippen LogP contribution in [0.2, 0.25) is 0 Å². The summed E-state index contributed by atoms with van der Waals surface area (Å²) in [6.07, 6.45) is 3.58. The molecule has 2 aromatic heterocycles. The van der Waals surface area contributed by atoms with Gasteiger partial charge in [0.1, 0.15) is 5.58 Å². The second-order valence-electron chi connectivity index (χ2n) is 6.51. The van der Waals surface area contributed by atoms with Crippen LogP contribution in [-0.2, 0) is 0 Å². The van der Waals surface area contributed by atoms with E-state index in [2.05, 4.69) is 10.3 Å². The lowest BCUT2D eigenvalue weighted by Crippen LogP contribution is -2.48. The van der Waals surface area contributed by atoms with Crippen molar-refractivity contribution in [1.29, 1.82) is 0 Å². The maximum absolute atomic E-state index is 13.3. The number of hydrogen-bond acceptors (Lipinski definition) is 4.